The van der Waals surface area contributed by atoms with Crippen molar-refractivity contribution < 1.29 is 9.18 Å². The fourth-order valence-electron chi connectivity index (χ4n) is 3.68. The van der Waals surface area contributed by atoms with Crippen molar-refractivity contribution in [3.63, 3.8) is 0 Å². The molecular formula is C18H19FN4O. The molecule has 124 valence electrons. The van der Waals surface area contributed by atoms with Gasteiger partial charge in [0.1, 0.15) is 5.82 Å². The predicted molar refractivity (Wildman–Crippen MR) is 89.4 cm³/mol. The van der Waals surface area contributed by atoms with Crippen molar-refractivity contribution in [2.24, 2.45) is 11.8 Å². The zero-order valence-electron chi connectivity index (χ0n) is 13.5. The monoisotopic (exact) mass is 326 g/mol. The lowest BCUT2D eigenvalue weighted by molar-refractivity contribution is -0.122. The highest BCUT2D eigenvalue weighted by Crippen LogP contribution is 2.33. The van der Waals surface area contributed by atoms with Gasteiger partial charge in [-0.3, -0.25) is 4.79 Å². The van der Waals surface area contributed by atoms with Crippen LogP contribution in [0.25, 0.3) is 0 Å². The summed E-state index contributed by atoms with van der Waals surface area (Å²) in [5.74, 6) is 0.692. The first-order valence-electron chi connectivity index (χ1n) is 8.26. The first kappa shape index (κ1) is 15.1. The van der Waals surface area contributed by atoms with Crippen LogP contribution < -0.4 is 9.80 Å². The molecule has 4 rings (SSSR count). The molecule has 1 saturated heterocycles. The average molecular weight is 326 g/mol. The Morgan fingerprint density at radius 1 is 1.25 bits per heavy atom. The number of aromatic nitrogens is 2. The van der Waals surface area contributed by atoms with Crippen molar-refractivity contribution in [3.05, 3.63) is 48.2 Å². The fraction of sp³-hybridized carbons (Fsp3) is 0.389. The summed E-state index contributed by atoms with van der Waals surface area (Å²) in [4.78, 5) is 25.3. The lowest BCUT2D eigenvalue weighted by Gasteiger charge is -2.23. The second-order valence-corrected chi connectivity index (χ2v) is 6.52. The largest absolute Gasteiger partial charge is 0.356 e. The van der Waals surface area contributed by atoms with Crippen LogP contribution in [0.4, 0.5) is 15.9 Å². The molecule has 0 aromatic carbocycles. The van der Waals surface area contributed by atoms with Crippen LogP contribution >= 0.6 is 0 Å². The van der Waals surface area contributed by atoms with Gasteiger partial charge in [-0.15, -0.1) is 0 Å². The molecule has 0 saturated carbocycles. The summed E-state index contributed by atoms with van der Waals surface area (Å²) >= 11 is 0. The number of pyridine rings is 2. The summed E-state index contributed by atoms with van der Waals surface area (Å²) in [6.45, 7) is 4.16. The van der Waals surface area contributed by atoms with Gasteiger partial charge in [0.15, 0.2) is 0 Å². The van der Waals surface area contributed by atoms with Gasteiger partial charge < -0.3 is 9.80 Å². The standard InChI is InChI=1S/C18H19FN4O/c1-12-10-22(17-4-2-3-8-20-17)11-13(12)18(24)23-9-7-14-15(23)5-6-16(19)21-14/h2-6,8,12-13H,7,9-11H2,1H3/t12-,13-/m1/s1. The van der Waals surface area contributed by atoms with E-state index in [1.807, 2.05) is 18.2 Å². The van der Waals surface area contributed by atoms with E-state index in [0.29, 0.717) is 25.2 Å². The number of fused-ring (bicyclic) bond motifs is 1. The molecule has 2 aliphatic rings. The minimum atomic E-state index is -0.487. The average Bonchev–Trinajstić information content (AvgIpc) is 3.18. The number of anilines is 2. The lowest BCUT2D eigenvalue weighted by atomic mass is 9.96. The quantitative estimate of drug-likeness (QED) is 0.795. The van der Waals surface area contributed by atoms with Gasteiger partial charge in [0.05, 0.1) is 17.3 Å². The summed E-state index contributed by atoms with van der Waals surface area (Å²) in [7, 11) is 0. The molecule has 0 spiro atoms. The Kier molecular flexibility index (Phi) is 3.67. The molecule has 2 aromatic rings. The maximum Gasteiger partial charge on any atom is 0.232 e. The fourth-order valence-corrected chi connectivity index (χ4v) is 3.68. The number of carbonyl (C=O) groups excluding carboxylic acids is 1. The summed E-state index contributed by atoms with van der Waals surface area (Å²) < 4.78 is 13.3. The van der Waals surface area contributed by atoms with Crippen LogP contribution in [0.3, 0.4) is 0 Å². The number of carbonyl (C=O) groups is 1. The van der Waals surface area contributed by atoms with Crippen LogP contribution in [0.5, 0.6) is 0 Å². The van der Waals surface area contributed by atoms with E-state index in [9.17, 15) is 9.18 Å². The highest BCUT2D eigenvalue weighted by molar-refractivity contribution is 5.97. The maximum absolute atomic E-state index is 13.3. The third-order valence-corrected chi connectivity index (χ3v) is 4.95. The van der Waals surface area contributed by atoms with E-state index in [-0.39, 0.29) is 17.7 Å². The van der Waals surface area contributed by atoms with E-state index in [1.165, 1.54) is 6.07 Å². The number of hydrogen-bond acceptors (Lipinski definition) is 4. The van der Waals surface area contributed by atoms with Gasteiger partial charge in [0.2, 0.25) is 11.9 Å². The Labute approximate surface area is 140 Å². The van der Waals surface area contributed by atoms with Crippen LogP contribution in [0.2, 0.25) is 0 Å². The van der Waals surface area contributed by atoms with Gasteiger partial charge >= 0.3 is 0 Å². The van der Waals surface area contributed by atoms with Gasteiger partial charge in [0.25, 0.3) is 0 Å². The molecule has 1 fully saturated rings. The SMILES string of the molecule is C[C@@H]1CN(c2ccccn2)C[C@H]1C(=O)N1CCc2nc(F)ccc21. The van der Waals surface area contributed by atoms with Crippen LogP contribution in [0, 0.1) is 17.8 Å². The zero-order chi connectivity index (χ0) is 16.7. The van der Waals surface area contributed by atoms with E-state index < -0.39 is 5.95 Å². The number of halogens is 1. The normalized spacial score (nSPS) is 22.8. The van der Waals surface area contributed by atoms with Crippen LogP contribution in [-0.2, 0) is 11.2 Å². The molecule has 0 N–H and O–H groups in total. The van der Waals surface area contributed by atoms with Gasteiger partial charge in [-0.1, -0.05) is 13.0 Å². The van der Waals surface area contributed by atoms with Crippen LogP contribution in [0.15, 0.2) is 36.5 Å². The maximum atomic E-state index is 13.3. The molecule has 0 aliphatic carbocycles. The third kappa shape index (κ3) is 2.52. The molecule has 2 aromatic heterocycles. The number of amides is 1. The molecule has 2 aliphatic heterocycles. The molecule has 5 nitrogen and oxygen atoms in total. The highest BCUT2D eigenvalue weighted by atomic mass is 19.1. The first-order chi connectivity index (χ1) is 11.6. The zero-order valence-corrected chi connectivity index (χ0v) is 13.5. The lowest BCUT2D eigenvalue weighted by Crippen LogP contribution is -2.38. The summed E-state index contributed by atoms with van der Waals surface area (Å²) in [6, 6.07) is 8.80. The minimum Gasteiger partial charge on any atom is -0.356 e. The second-order valence-electron chi connectivity index (χ2n) is 6.52. The van der Waals surface area contributed by atoms with Gasteiger partial charge in [0, 0.05) is 32.3 Å². The summed E-state index contributed by atoms with van der Waals surface area (Å²) in [5, 5.41) is 0. The minimum absolute atomic E-state index is 0.0805. The van der Waals surface area contributed by atoms with Crippen molar-refractivity contribution in [2.75, 3.05) is 29.4 Å². The Balaban J connectivity index is 1.54. The topological polar surface area (TPSA) is 49.3 Å². The Hall–Kier alpha value is -2.50. The number of hydrogen-bond donors (Lipinski definition) is 0. The summed E-state index contributed by atoms with van der Waals surface area (Å²) in [6.07, 6.45) is 2.38. The van der Waals surface area contributed by atoms with Crippen LogP contribution in [-0.4, -0.2) is 35.5 Å². The van der Waals surface area contributed by atoms with E-state index in [1.54, 1.807) is 17.2 Å². The van der Waals surface area contributed by atoms with Crippen LogP contribution in [0.1, 0.15) is 12.6 Å². The Morgan fingerprint density at radius 3 is 2.92 bits per heavy atom. The van der Waals surface area contributed by atoms with E-state index in [4.69, 9.17) is 0 Å². The molecule has 4 heterocycles. The van der Waals surface area contributed by atoms with Gasteiger partial charge in [-0.2, -0.15) is 4.39 Å². The van der Waals surface area contributed by atoms with E-state index in [0.717, 1.165) is 18.1 Å². The second kappa shape index (κ2) is 5.85. The molecule has 0 radical (unpaired) electrons. The summed E-state index contributed by atoms with van der Waals surface area (Å²) in [5.41, 5.74) is 1.43. The van der Waals surface area contributed by atoms with Gasteiger partial charge in [-0.25, -0.2) is 9.97 Å². The molecule has 1 amide bonds. The molecule has 2 atom stereocenters. The van der Waals surface area contributed by atoms with Crippen molar-refractivity contribution in [1.29, 1.82) is 0 Å². The van der Waals surface area contributed by atoms with Crippen molar-refractivity contribution >= 4 is 17.4 Å². The van der Waals surface area contributed by atoms with Gasteiger partial charge in [-0.05, 0) is 30.2 Å². The van der Waals surface area contributed by atoms with E-state index >= 15 is 0 Å². The molecule has 6 heteroatoms. The highest BCUT2D eigenvalue weighted by Gasteiger charge is 2.39. The number of nitrogens with zero attached hydrogens (tertiary/aromatic N) is 4. The van der Waals surface area contributed by atoms with E-state index in [2.05, 4.69) is 21.8 Å². The Bertz CT molecular complexity index is 767. The first-order valence-corrected chi connectivity index (χ1v) is 8.26. The smallest absolute Gasteiger partial charge is 0.232 e. The molecule has 0 bridgehead atoms. The number of rotatable bonds is 2. The van der Waals surface area contributed by atoms with Crippen molar-refractivity contribution in [2.45, 2.75) is 13.3 Å². The molecule has 0 unspecified atom stereocenters. The third-order valence-electron chi connectivity index (χ3n) is 4.95. The molecule has 24 heavy (non-hydrogen) atoms. The molecular weight excluding hydrogens is 307 g/mol. The van der Waals surface area contributed by atoms with Crippen molar-refractivity contribution in [3.8, 4) is 0 Å². The Morgan fingerprint density at radius 2 is 2.12 bits per heavy atom. The van der Waals surface area contributed by atoms with Crippen molar-refractivity contribution in [1.82, 2.24) is 9.97 Å². The predicted octanol–water partition coefficient (Wildman–Crippen LogP) is 2.28.